The van der Waals surface area contributed by atoms with Gasteiger partial charge < -0.3 is 0 Å². The second-order valence-electron chi connectivity index (χ2n) is 3.90. The summed E-state index contributed by atoms with van der Waals surface area (Å²) in [5.41, 5.74) is 1.78. The molecule has 2 aromatic rings. The lowest BCUT2D eigenvalue weighted by molar-refractivity contribution is 0.889. The molecule has 1 unspecified atom stereocenters. The number of rotatable bonds is 4. The van der Waals surface area contributed by atoms with Crippen LogP contribution in [0.3, 0.4) is 0 Å². The third-order valence-corrected chi connectivity index (χ3v) is 4.00. The molecule has 0 spiro atoms. The van der Waals surface area contributed by atoms with E-state index in [1.807, 2.05) is 18.2 Å². The predicted molar refractivity (Wildman–Crippen MR) is 74.3 cm³/mol. The van der Waals surface area contributed by atoms with Crippen molar-refractivity contribution < 1.29 is 0 Å². The number of pyridine rings is 1. The van der Waals surface area contributed by atoms with Crippen LogP contribution in [0.15, 0.2) is 53.6 Å². The van der Waals surface area contributed by atoms with Crippen LogP contribution in [0, 0.1) is 11.3 Å². The molecule has 0 aliphatic carbocycles. The lowest BCUT2D eigenvalue weighted by Gasteiger charge is -2.14. The van der Waals surface area contributed by atoms with Crippen LogP contribution in [0.5, 0.6) is 0 Å². The molecule has 1 aromatic carbocycles. The first kappa shape index (κ1) is 12.7. The molecular formula is C15H14N2S. The maximum atomic E-state index is 8.85. The van der Waals surface area contributed by atoms with Gasteiger partial charge in [-0.1, -0.05) is 55.1 Å². The molecule has 1 aromatic heterocycles. The number of nitriles is 1. The SMILES string of the molecule is CCC(Sc1cccc(C#N)n1)c1ccccc1. The lowest BCUT2D eigenvalue weighted by Crippen LogP contribution is -1.93. The van der Waals surface area contributed by atoms with Crippen molar-refractivity contribution in [2.45, 2.75) is 23.6 Å². The summed E-state index contributed by atoms with van der Waals surface area (Å²) < 4.78 is 0. The fraction of sp³-hybridized carbons (Fsp3) is 0.200. The highest BCUT2D eigenvalue weighted by Crippen LogP contribution is 2.36. The quantitative estimate of drug-likeness (QED) is 0.767. The molecule has 2 rings (SSSR count). The number of thioether (sulfide) groups is 1. The molecule has 0 fully saturated rings. The topological polar surface area (TPSA) is 36.7 Å². The summed E-state index contributed by atoms with van der Waals surface area (Å²) in [6, 6.07) is 18.0. The van der Waals surface area contributed by atoms with Crippen LogP contribution < -0.4 is 0 Å². The summed E-state index contributed by atoms with van der Waals surface area (Å²) >= 11 is 1.71. The van der Waals surface area contributed by atoms with Gasteiger partial charge >= 0.3 is 0 Å². The summed E-state index contributed by atoms with van der Waals surface area (Å²) in [5.74, 6) is 0. The number of hydrogen-bond acceptors (Lipinski definition) is 3. The van der Waals surface area contributed by atoms with Crippen molar-refractivity contribution in [3.63, 3.8) is 0 Å². The monoisotopic (exact) mass is 254 g/mol. The third-order valence-electron chi connectivity index (χ3n) is 2.64. The van der Waals surface area contributed by atoms with Crippen molar-refractivity contribution in [3.05, 3.63) is 59.8 Å². The molecule has 0 saturated heterocycles. The van der Waals surface area contributed by atoms with Gasteiger partial charge in [0.05, 0.1) is 5.03 Å². The highest BCUT2D eigenvalue weighted by atomic mass is 32.2. The molecule has 1 atom stereocenters. The first-order valence-corrected chi connectivity index (χ1v) is 6.80. The normalized spacial score (nSPS) is 11.8. The van der Waals surface area contributed by atoms with E-state index in [1.165, 1.54) is 5.56 Å². The Labute approximate surface area is 112 Å². The van der Waals surface area contributed by atoms with E-state index in [4.69, 9.17) is 5.26 Å². The van der Waals surface area contributed by atoms with Crippen molar-refractivity contribution in [1.29, 1.82) is 5.26 Å². The second-order valence-corrected chi connectivity index (χ2v) is 5.12. The standard InChI is InChI=1S/C15H14N2S/c1-2-14(12-7-4-3-5-8-12)18-15-10-6-9-13(11-16)17-15/h3-10,14H,2H2,1H3. The van der Waals surface area contributed by atoms with Crippen LogP contribution in [0.4, 0.5) is 0 Å². The van der Waals surface area contributed by atoms with E-state index < -0.39 is 0 Å². The van der Waals surface area contributed by atoms with Gasteiger partial charge in [-0.15, -0.1) is 0 Å². The summed E-state index contributed by atoms with van der Waals surface area (Å²) in [6.45, 7) is 2.17. The van der Waals surface area contributed by atoms with Gasteiger partial charge in [0, 0.05) is 5.25 Å². The molecule has 0 N–H and O–H groups in total. The number of aromatic nitrogens is 1. The Morgan fingerprint density at radius 1 is 1.17 bits per heavy atom. The smallest absolute Gasteiger partial charge is 0.141 e. The van der Waals surface area contributed by atoms with Crippen molar-refractivity contribution in [2.75, 3.05) is 0 Å². The Bertz CT molecular complexity index is 546. The summed E-state index contributed by atoms with van der Waals surface area (Å²) in [4.78, 5) is 4.31. The average molecular weight is 254 g/mol. The molecular weight excluding hydrogens is 240 g/mol. The Hall–Kier alpha value is -1.79. The zero-order chi connectivity index (χ0) is 12.8. The average Bonchev–Trinajstić information content (AvgIpc) is 2.46. The zero-order valence-electron chi connectivity index (χ0n) is 10.2. The van der Waals surface area contributed by atoms with Crippen molar-refractivity contribution in [1.82, 2.24) is 4.98 Å². The first-order chi connectivity index (χ1) is 8.83. The second kappa shape index (κ2) is 6.23. The largest absolute Gasteiger partial charge is 0.231 e. The molecule has 0 aliphatic rings. The molecule has 0 amide bonds. The highest BCUT2D eigenvalue weighted by Gasteiger charge is 2.11. The maximum absolute atomic E-state index is 8.85. The van der Waals surface area contributed by atoms with Crippen LogP contribution in [0.2, 0.25) is 0 Å². The van der Waals surface area contributed by atoms with E-state index in [0.717, 1.165) is 11.4 Å². The molecule has 0 aliphatic heterocycles. The predicted octanol–water partition coefficient (Wildman–Crippen LogP) is 4.20. The van der Waals surface area contributed by atoms with E-state index >= 15 is 0 Å². The van der Waals surface area contributed by atoms with Gasteiger partial charge in [-0.25, -0.2) is 4.98 Å². The molecule has 3 heteroatoms. The minimum atomic E-state index is 0.382. The number of nitrogens with zero attached hydrogens (tertiary/aromatic N) is 2. The van der Waals surface area contributed by atoms with E-state index in [1.54, 1.807) is 17.8 Å². The fourth-order valence-corrected chi connectivity index (χ4v) is 2.80. The lowest BCUT2D eigenvalue weighted by atomic mass is 10.1. The highest BCUT2D eigenvalue weighted by molar-refractivity contribution is 7.99. The van der Waals surface area contributed by atoms with E-state index in [2.05, 4.69) is 42.2 Å². The van der Waals surface area contributed by atoms with Gasteiger partial charge in [0.15, 0.2) is 0 Å². The van der Waals surface area contributed by atoms with Crippen molar-refractivity contribution in [2.24, 2.45) is 0 Å². The van der Waals surface area contributed by atoms with Gasteiger partial charge in [-0.2, -0.15) is 5.26 Å². The summed E-state index contributed by atoms with van der Waals surface area (Å²) in [6.07, 6.45) is 1.03. The van der Waals surface area contributed by atoms with Gasteiger partial charge in [-0.05, 0) is 24.1 Å². The van der Waals surface area contributed by atoms with Crippen LogP contribution in [-0.4, -0.2) is 4.98 Å². The molecule has 18 heavy (non-hydrogen) atoms. The van der Waals surface area contributed by atoms with E-state index in [-0.39, 0.29) is 0 Å². The summed E-state index contributed by atoms with van der Waals surface area (Å²) in [7, 11) is 0. The van der Waals surface area contributed by atoms with Crippen LogP contribution in [-0.2, 0) is 0 Å². The third kappa shape index (κ3) is 3.12. The molecule has 0 radical (unpaired) electrons. The Kier molecular flexibility index (Phi) is 4.38. The number of benzene rings is 1. The molecule has 1 heterocycles. The Morgan fingerprint density at radius 3 is 2.61 bits per heavy atom. The van der Waals surface area contributed by atoms with Crippen LogP contribution >= 0.6 is 11.8 Å². The van der Waals surface area contributed by atoms with Gasteiger partial charge in [-0.3, -0.25) is 0 Å². The maximum Gasteiger partial charge on any atom is 0.141 e. The summed E-state index contributed by atoms with van der Waals surface area (Å²) in [5, 5.41) is 10.1. The first-order valence-electron chi connectivity index (χ1n) is 5.92. The minimum absolute atomic E-state index is 0.382. The molecule has 0 saturated carbocycles. The van der Waals surface area contributed by atoms with Crippen molar-refractivity contribution in [3.8, 4) is 6.07 Å². The zero-order valence-corrected chi connectivity index (χ0v) is 11.0. The minimum Gasteiger partial charge on any atom is -0.231 e. The Balaban J connectivity index is 2.18. The molecule has 90 valence electrons. The Morgan fingerprint density at radius 2 is 1.94 bits per heavy atom. The van der Waals surface area contributed by atoms with Gasteiger partial charge in [0.1, 0.15) is 11.8 Å². The molecule has 0 bridgehead atoms. The van der Waals surface area contributed by atoms with Crippen LogP contribution in [0.25, 0.3) is 0 Å². The van der Waals surface area contributed by atoms with Gasteiger partial charge in [0.2, 0.25) is 0 Å². The van der Waals surface area contributed by atoms with E-state index in [9.17, 15) is 0 Å². The molecule has 2 nitrogen and oxygen atoms in total. The fourth-order valence-electron chi connectivity index (χ4n) is 1.74. The van der Waals surface area contributed by atoms with Gasteiger partial charge in [0.25, 0.3) is 0 Å². The van der Waals surface area contributed by atoms with Crippen LogP contribution in [0.1, 0.15) is 29.9 Å². The van der Waals surface area contributed by atoms with Crippen molar-refractivity contribution >= 4 is 11.8 Å². The van der Waals surface area contributed by atoms with E-state index in [0.29, 0.717) is 10.9 Å². The number of hydrogen-bond donors (Lipinski definition) is 0.